The Labute approximate surface area is 144 Å². The summed E-state index contributed by atoms with van der Waals surface area (Å²) < 4.78 is 6.19. The number of nitrogens with zero attached hydrogens (tertiary/aromatic N) is 4. The monoisotopic (exact) mass is 342 g/mol. The molecule has 0 aliphatic carbocycles. The molecule has 0 fully saturated rings. The molecule has 0 saturated carbocycles. The van der Waals surface area contributed by atoms with Gasteiger partial charge in [-0.1, -0.05) is 12.1 Å². The summed E-state index contributed by atoms with van der Waals surface area (Å²) in [5.41, 5.74) is -0.00741. The van der Waals surface area contributed by atoms with Gasteiger partial charge in [-0.25, -0.2) is 0 Å². The Morgan fingerprint density at radius 1 is 1.32 bits per heavy atom. The predicted octanol–water partition coefficient (Wildman–Crippen LogP) is 2.54. The molecule has 0 spiro atoms. The van der Waals surface area contributed by atoms with Gasteiger partial charge in [0, 0.05) is 18.7 Å². The molecule has 1 aromatic heterocycles. The van der Waals surface area contributed by atoms with Gasteiger partial charge in [-0.15, -0.1) is 10.2 Å². The second-order valence-electron chi connectivity index (χ2n) is 5.19. The Hall–Kier alpha value is -3.18. The van der Waals surface area contributed by atoms with Crippen molar-refractivity contribution in [1.29, 1.82) is 5.26 Å². The molecule has 2 N–H and O–H groups in total. The molecule has 0 bridgehead atoms. The normalized spacial score (nSPS) is 10.8. The minimum absolute atomic E-state index is 0.0433. The van der Waals surface area contributed by atoms with E-state index >= 15 is 0 Å². The van der Waals surface area contributed by atoms with Crippen LogP contribution >= 0.6 is 0 Å². The molecule has 0 unspecified atom stereocenters. The number of aromatic nitrogens is 1. The molecule has 0 saturated heterocycles. The molecule has 2 aromatic rings. The smallest absolute Gasteiger partial charge is 0.281 e. The highest BCUT2D eigenvalue weighted by Crippen LogP contribution is 2.30. The molecular formula is C17H18N4O4. The zero-order valence-electron chi connectivity index (χ0n) is 13.9. The number of aliphatic hydroxyl groups excluding tert-OH is 1. The molecule has 0 atom stereocenters. The Morgan fingerprint density at radius 2 is 2.04 bits per heavy atom. The van der Waals surface area contributed by atoms with Crippen molar-refractivity contribution in [2.24, 2.45) is 10.2 Å². The fourth-order valence-electron chi connectivity index (χ4n) is 2.31. The van der Waals surface area contributed by atoms with Crippen molar-refractivity contribution in [2.45, 2.75) is 19.9 Å². The van der Waals surface area contributed by atoms with Crippen LogP contribution in [0.15, 0.2) is 39.3 Å². The number of aromatic hydroxyl groups is 1. The number of pyridine rings is 1. The average molecular weight is 342 g/mol. The van der Waals surface area contributed by atoms with Crippen molar-refractivity contribution in [1.82, 2.24) is 4.57 Å². The van der Waals surface area contributed by atoms with Crippen LogP contribution in [0.4, 0.5) is 11.4 Å². The van der Waals surface area contributed by atoms with E-state index in [0.717, 1.165) is 4.57 Å². The van der Waals surface area contributed by atoms with E-state index in [1.807, 2.05) is 6.07 Å². The van der Waals surface area contributed by atoms with Gasteiger partial charge in [-0.05, 0) is 25.5 Å². The van der Waals surface area contributed by atoms with Crippen LogP contribution in [0.5, 0.6) is 11.6 Å². The molecule has 8 heteroatoms. The number of nitriles is 1. The van der Waals surface area contributed by atoms with Crippen molar-refractivity contribution in [3.8, 4) is 17.7 Å². The van der Waals surface area contributed by atoms with Gasteiger partial charge in [-0.2, -0.15) is 5.26 Å². The third-order valence-corrected chi connectivity index (χ3v) is 3.65. The van der Waals surface area contributed by atoms with Gasteiger partial charge < -0.3 is 14.9 Å². The van der Waals surface area contributed by atoms with Crippen molar-refractivity contribution in [3.63, 3.8) is 0 Å². The molecule has 0 radical (unpaired) electrons. The van der Waals surface area contributed by atoms with Gasteiger partial charge in [0.25, 0.3) is 5.56 Å². The summed E-state index contributed by atoms with van der Waals surface area (Å²) in [5.74, 6) is 0.0542. The Morgan fingerprint density at radius 3 is 2.68 bits per heavy atom. The van der Waals surface area contributed by atoms with Gasteiger partial charge in [0.15, 0.2) is 5.69 Å². The summed E-state index contributed by atoms with van der Waals surface area (Å²) in [5, 5.41) is 36.4. The van der Waals surface area contributed by atoms with Crippen LogP contribution in [0.3, 0.4) is 0 Å². The number of ether oxygens (including phenoxy) is 1. The molecule has 0 aliphatic rings. The third kappa shape index (κ3) is 3.67. The highest BCUT2D eigenvalue weighted by atomic mass is 16.5. The number of methoxy groups -OCH3 is 1. The van der Waals surface area contributed by atoms with Gasteiger partial charge in [0.1, 0.15) is 23.1 Å². The topological polar surface area (TPSA) is 120 Å². The van der Waals surface area contributed by atoms with Crippen LogP contribution in [-0.2, 0) is 6.54 Å². The number of aliphatic hydroxyl groups is 1. The second kappa shape index (κ2) is 8.08. The van der Waals surface area contributed by atoms with E-state index < -0.39 is 11.4 Å². The lowest BCUT2D eigenvalue weighted by Gasteiger charge is -2.12. The van der Waals surface area contributed by atoms with Gasteiger partial charge >= 0.3 is 0 Å². The highest BCUT2D eigenvalue weighted by molar-refractivity contribution is 5.57. The quantitative estimate of drug-likeness (QED) is 0.782. The molecule has 130 valence electrons. The molecule has 0 amide bonds. The first kappa shape index (κ1) is 18.2. The standard InChI is InChI=1S/C17H18N4O4/c1-11-12(10-18)16(23)21(8-5-9-22)17(24)15(11)20-19-13-6-3-4-7-14(13)25-2/h3-4,6-7,22-23H,5,8-9H2,1-2H3. The van der Waals surface area contributed by atoms with Crippen molar-refractivity contribution in [3.05, 3.63) is 45.7 Å². The van der Waals surface area contributed by atoms with Crippen LogP contribution in [0.1, 0.15) is 17.5 Å². The summed E-state index contributed by atoms with van der Waals surface area (Å²) in [6.45, 7) is 1.43. The van der Waals surface area contributed by atoms with Crippen LogP contribution in [0, 0.1) is 18.3 Å². The first-order valence-electron chi connectivity index (χ1n) is 7.57. The number of rotatable bonds is 6. The van der Waals surface area contributed by atoms with E-state index in [-0.39, 0.29) is 36.4 Å². The van der Waals surface area contributed by atoms with Crippen LogP contribution < -0.4 is 10.3 Å². The maximum absolute atomic E-state index is 12.6. The van der Waals surface area contributed by atoms with Gasteiger partial charge in [0.2, 0.25) is 5.88 Å². The number of azo groups is 1. The highest BCUT2D eigenvalue weighted by Gasteiger charge is 2.19. The minimum atomic E-state index is -0.582. The fourth-order valence-corrected chi connectivity index (χ4v) is 2.31. The van der Waals surface area contributed by atoms with E-state index in [2.05, 4.69) is 10.2 Å². The Balaban J connectivity index is 2.59. The van der Waals surface area contributed by atoms with Crippen molar-refractivity contribution < 1.29 is 14.9 Å². The van der Waals surface area contributed by atoms with E-state index in [9.17, 15) is 15.2 Å². The van der Waals surface area contributed by atoms with Gasteiger partial charge in [-0.3, -0.25) is 9.36 Å². The molecule has 25 heavy (non-hydrogen) atoms. The minimum Gasteiger partial charge on any atom is -0.494 e. The molecule has 0 aliphatic heterocycles. The van der Waals surface area contributed by atoms with Crippen molar-refractivity contribution in [2.75, 3.05) is 13.7 Å². The summed E-state index contributed by atoms with van der Waals surface area (Å²) in [6, 6.07) is 8.78. The average Bonchev–Trinajstić information content (AvgIpc) is 2.62. The third-order valence-electron chi connectivity index (χ3n) is 3.65. The van der Waals surface area contributed by atoms with E-state index in [0.29, 0.717) is 11.4 Å². The predicted molar refractivity (Wildman–Crippen MR) is 90.7 cm³/mol. The summed E-state index contributed by atoms with van der Waals surface area (Å²) in [7, 11) is 1.50. The maximum atomic E-state index is 12.6. The summed E-state index contributed by atoms with van der Waals surface area (Å²) >= 11 is 0. The lowest BCUT2D eigenvalue weighted by Crippen LogP contribution is -2.22. The second-order valence-corrected chi connectivity index (χ2v) is 5.19. The Bertz CT molecular complexity index is 897. The number of hydrogen-bond donors (Lipinski definition) is 2. The van der Waals surface area contributed by atoms with E-state index in [1.54, 1.807) is 24.3 Å². The molecule has 1 heterocycles. The first-order valence-corrected chi connectivity index (χ1v) is 7.57. The molecular weight excluding hydrogens is 324 g/mol. The van der Waals surface area contributed by atoms with Gasteiger partial charge in [0.05, 0.1) is 7.11 Å². The van der Waals surface area contributed by atoms with Crippen LogP contribution in [0.2, 0.25) is 0 Å². The number of benzene rings is 1. The van der Waals surface area contributed by atoms with E-state index in [4.69, 9.17) is 9.84 Å². The first-order chi connectivity index (χ1) is 12.0. The van der Waals surface area contributed by atoms with Crippen LogP contribution in [-0.4, -0.2) is 28.5 Å². The van der Waals surface area contributed by atoms with E-state index in [1.165, 1.54) is 14.0 Å². The summed E-state index contributed by atoms with van der Waals surface area (Å²) in [6.07, 6.45) is 0.254. The lowest BCUT2D eigenvalue weighted by atomic mass is 10.1. The Kier molecular flexibility index (Phi) is 5.87. The lowest BCUT2D eigenvalue weighted by molar-refractivity contribution is 0.274. The SMILES string of the molecule is COc1ccccc1N=Nc1c(C)c(C#N)c(O)n(CCCO)c1=O. The molecule has 2 rings (SSSR count). The number of hydrogen-bond acceptors (Lipinski definition) is 7. The zero-order chi connectivity index (χ0) is 18.4. The van der Waals surface area contributed by atoms with Crippen molar-refractivity contribution >= 4 is 11.4 Å². The molecule has 1 aromatic carbocycles. The fraction of sp³-hybridized carbons (Fsp3) is 0.294. The molecule has 8 nitrogen and oxygen atoms in total. The van der Waals surface area contributed by atoms with Crippen LogP contribution in [0.25, 0.3) is 0 Å². The maximum Gasteiger partial charge on any atom is 0.281 e. The largest absolute Gasteiger partial charge is 0.494 e. The zero-order valence-corrected chi connectivity index (χ0v) is 13.9. The number of para-hydroxylation sites is 1. The summed E-state index contributed by atoms with van der Waals surface area (Å²) in [4.78, 5) is 12.6.